The van der Waals surface area contributed by atoms with Crippen LogP contribution in [0.15, 0.2) is 48.6 Å². The number of hydrogen-bond acceptors (Lipinski definition) is 8. The molecule has 1 aromatic carbocycles. The Balaban J connectivity index is 1.61. The average Bonchev–Trinajstić information content (AvgIpc) is 2.93. The van der Waals surface area contributed by atoms with E-state index in [2.05, 4.69) is 92.2 Å². The van der Waals surface area contributed by atoms with E-state index >= 15 is 0 Å². The molecule has 0 bridgehead atoms. The highest BCUT2D eigenvalue weighted by atomic mass is 79.9. The third-order valence-electron chi connectivity index (χ3n) is 7.72. The molecule has 0 amide bonds. The highest BCUT2D eigenvalue weighted by molar-refractivity contribution is 9.10. The monoisotopic (exact) mass is 584 g/mol. The van der Waals surface area contributed by atoms with Crippen LogP contribution < -0.4 is 14.2 Å². The maximum Gasteiger partial charge on any atom is 0.323 e. The van der Waals surface area contributed by atoms with Gasteiger partial charge in [0.1, 0.15) is 12.2 Å². The number of rotatable bonds is 11. The number of nitrogens with zero attached hydrogens (tertiary/aromatic N) is 4. The maximum atomic E-state index is 11.5. The summed E-state index contributed by atoms with van der Waals surface area (Å²) in [5.41, 5.74) is 2.11. The largest absolute Gasteiger partial charge is 0.480 e. The molecule has 1 fully saturated rings. The molecular formula is C29H37BrN4O4. The van der Waals surface area contributed by atoms with Crippen LogP contribution in [0.5, 0.6) is 17.8 Å². The Bertz CT molecular complexity index is 1140. The molecule has 0 N–H and O–H groups in total. The summed E-state index contributed by atoms with van der Waals surface area (Å²) >= 11 is 4.15. The van der Waals surface area contributed by atoms with E-state index in [1.54, 1.807) is 0 Å². The zero-order valence-corrected chi connectivity index (χ0v) is 24.2. The van der Waals surface area contributed by atoms with Gasteiger partial charge in [-0.25, -0.2) is 0 Å². The Morgan fingerprint density at radius 1 is 1.05 bits per heavy atom. The van der Waals surface area contributed by atoms with Gasteiger partial charge in [-0.15, -0.1) is 0 Å². The van der Waals surface area contributed by atoms with Gasteiger partial charge in [0, 0.05) is 31.6 Å². The summed E-state index contributed by atoms with van der Waals surface area (Å²) in [6, 6.07) is 10.5. The van der Waals surface area contributed by atoms with Gasteiger partial charge in [-0.1, -0.05) is 64.5 Å². The summed E-state index contributed by atoms with van der Waals surface area (Å²) < 4.78 is 16.5. The van der Waals surface area contributed by atoms with Crippen LogP contribution in [0.3, 0.4) is 0 Å². The lowest BCUT2D eigenvalue weighted by Gasteiger charge is -2.47. The van der Waals surface area contributed by atoms with E-state index in [1.165, 1.54) is 19.8 Å². The number of alkyl halides is 1. The number of ether oxygens (including phenoxy) is 3. The molecule has 0 spiro atoms. The topological polar surface area (TPSA) is 77.0 Å². The zero-order chi connectivity index (χ0) is 27.2. The minimum absolute atomic E-state index is 0.107. The standard InChI is InChI=1S/C29H37BrN4O4/c1-28(30)24(22-10-6-5-7-11-22)12-8-13-29(28,14-9-15-34-18-16-33(2)17-19-34)21-38-27-31-25(36-3)23(20-35)26(32-27)37-4/h5-8,10-13,20H,9,14-19,21H2,1-4H3. The van der Waals surface area contributed by atoms with Crippen molar-refractivity contribution in [3.63, 3.8) is 0 Å². The lowest BCUT2D eigenvalue weighted by atomic mass is 9.66. The number of methoxy groups -OCH3 is 2. The van der Waals surface area contributed by atoms with Crippen LogP contribution in [0, 0.1) is 5.41 Å². The molecule has 204 valence electrons. The van der Waals surface area contributed by atoms with Gasteiger partial charge >= 0.3 is 6.01 Å². The predicted octanol–water partition coefficient (Wildman–Crippen LogP) is 4.51. The number of benzene rings is 1. The maximum absolute atomic E-state index is 11.5. The second kappa shape index (κ2) is 12.4. The molecule has 2 aliphatic rings. The molecule has 8 nitrogen and oxygen atoms in total. The van der Waals surface area contributed by atoms with Crippen LogP contribution in [0.25, 0.3) is 5.57 Å². The van der Waals surface area contributed by atoms with Crippen LogP contribution in [-0.4, -0.2) is 91.0 Å². The molecule has 2 atom stereocenters. The minimum atomic E-state index is -0.421. The fraction of sp³-hybridized carbons (Fsp3) is 0.483. The number of likely N-dealkylation sites (N-methyl/N-ethyl adjacent to an activating group) is 1. The highest BCUT2D eigenvalue weighted by Crippen LogP contribution is 2.53. The van der Waals surface area contributed by atoms with Crippen molar-refractivity contribution in [2.75, 3.05) is 60.6 Å². The normalized spacial score (nSPS) is 24.1. The Morgan fingerprint density at radius 3 is 2.32 bits per heavy atom. The van der Waals surface area contributed by atoms with Crippen LogP contribution >= 0.6 is 15.9 Å². The minimum Gasteiger partial charge on any atom is -0.480 e. The molecule has 1 aliphatic carbocycles. The summed E-state index contributed by atoms with van der Waals surface area (Å²) in [5.74, 6) is 0.244. The van der Waals surface area contributed by atoms with E-state index in [4.69, 9.17) is 14.2 Å². The van der Waals surface area contributed by atoms with Gasteiger partial charge in [0.2, 0.25) is 11.8 Å². The first kappa shape index (κ1) is 28.3. The third kappa shape index (κ3) is 5.95. The van der Waals surface area contributed by atoms with E-state index < -0.39 is 9.74 Å². The number of carbonyl (C=O) groups excluding carboxylic acids is 1. The first-order valence-electron chi connectivity index (χ1n) is 13.0. The molecule has 1 aromatic heterocycles. The highest BCUT2D eigenvalue weighted by Gasteiger charge is 2.49. The van der Waals surface area contributed by atoms with Crippen LogP contribution in [-0.2, 0) is 0 Å². The van der Waals surface area contributed by atoms with Gasteiger partial charge < -0.3 is 24.0 Å². The smallest absolute Gasteiger partial charge is 0.323 e. The number of aromatic nitrogens is 2. The quantitative estimate of drug-likeness (QED) is 0.282. The Morgan fingerprint density at radius 2 is 1.71 bits per heavy atom. The van der Waals surface area contributed by atoms with Gasteiger partial charge in [-0.2, -0.15) is 9.97 Å². The molecule has 0 radical (unpaired) electrons. The Hall–Kier alpha value is -2.75. The molecule has 9 heteroatoms. The van der Waals surface area contributed by atoms with Gasteiger partial charge in [0.05, 0.1) is 18.5 Å². The summed E-state index contributed by atoms with van der Waals surface area (Å²) in [7, 11) is 5.08. The van der Waals surface area contributed by atoms with Gasteiger partial charge in [0.15, 0.2) is 6.29 Å². The van der Waals surface area contributed by atoms with E-state index in [0.717, 1.165) is 51.1 Å². The SMILES string of the molecule is COc1nc(OCC2(CCCN3CCN(C)CC3)C=CC=C(c3ccccc3)C2(C)Br)nc(OC)c1C=O. The van der Waals surface area contributed by atoms with Crippen LogP contribution in [0.4, 0.5) is 0 Å². The zero-order valence-electron chi connectivity index (χ0n) is 22.7. The fourth-order valence-corrected chi connectivity index (χ4v) is 6.04. The van der Waals surface area contributed by atoms with Crippen LogP contribution in [0.1, 0.15) is 35.7 Å². The molecule has 0 saturated carbocycles. The van der Waals surface area contributed by atoms with E-state index in [9.17, 15) is 4.79 Å². The molecule has 4 rings (SSSR count). The van der Waals surface area contributed by atoms with Gasteiger partial charge in [-0.3, -0.25) is 4.79 Å². The number of halogens is 1. The average molecular weight is 586 g/mol. The van der Waals surface area contributed by atoms with E-state index in [1.807, 2.05) is 6.07 Å². The lowest BCUT2D eigenvalue weighted by Crippen LogP contribution is -2.48. The predicted molar refractivity (Wildman–Crippen MR) is 153 cm³/mol. The number of allylic oxidation sites excluding steroid dienone is 3. The second-order valence-corrected chi connectivity index (χ2v) is 11.6. The van der Waals surface area contributed by atoms with Crippen molar-refractivity contribution in [2.24, 2.45) is 5.41 Å². The number of carbonyl (C=O) groups is 1. The van der Waals surface area contributed by atoms with Crippen molar-refractivity contribution in [3.8, 4) is 17.8 Å². The molecule has 1 saturated heterocycles. The summed E-state index contributed by atoms with van der Waals surface area (Å²) in [4.78, 5) is 25.1. The fourth-order valence-electron chi connectivity index (χ4n) is 5.24. The van der Waals surface area contributed by atoms with Crippen molar-refractivity contribution >= 4 is 27.8 Å². The Kier molecular flexibility index (Phi) is 9.23. The van der Waals surface area contributed by atoms with Crippen LogP contribution in [0.2, 0.25) is 0 Å². The summed E-state index contributed by atoms with van der Waals surface area (Å²) in [5, 5.41) is 0. The number of hydrogen-bond donors (Lipinski definition) is 0. The van der Waals surface area contributed by atoms with Gasteiger partial charge in [-0.05, 0) is 44.5 Å². The molecule has 2 heterocycles. The lowest BCUT2D eigenvalue weighted by molar-refractivity contribution is 0.111. The molecule has 2 aromatic rings. The van der Waals surface area contributed by atoms with Crippen molar-refractivity contribution < 1.29 is 19.0 Å². The van der Waals surface area contributed by atoms with Gasteiger partial charge in [0.25, 0.3) is 0 Å². The first-order valence-corrected chi connectivity index (χ1v) is 13.8. The summed E-state index contributed by atoms with van der Waals surface area (Å²) in [6.45, 7) is 7.95. The van der Waals surface area contributed by atoms with Crippen molar-refractivity contribution in [3.05, 3.63) is 59.7 Å². The Labute approximate surface area is 233 Å². The molecule has 2 unspecified atom stereocenters. The molecule has 1 aliphatic heterocycles. The summed E-state index contributed by atoms with van der Waals surface area (Å²) in [6.07, 6.45) is 9.07. The number of aldehydes is 1. The molecular weight excluding hydrogens is 548 g/mol. The molecule has 38 heavy (non-hydrogen) atoms. The van der Waals surface area contributed by atoms with E-state index in [-0.39, 0.29) is 23.3 Å². The van der Waals surface area contributed by atoms with Crippen molar-refractivity contribution in [2.45, 2.75) is 24.1 Å². The first-order chi connectivity index (χ1) is 18.3. The van der Waals surface area contributed by atoms with Crippen molar-refractivity contribution in [1.29, 1.82) is 0 Å². The third-order valence-corrected chi connectivity index (χ3v) is 8.93. The van der Waals surface area contributed by atoms with Crippen molar-refractivity contribution in [1.82, 2.24) is 19.8 Å². The van der Waals surface area contributed by atoms with E-state index in [0.29, 0.717) is 12.9 Å². The number of piperazine rings is 1. The second-order valence-electron chi connectivity index (χ2n) is 10.1.